The highest BCUT2D eigenvalue weighted by Gasteiger charge is 2.28. The Kier molecular flexibility index (Phi) is 7.32. The Labute approximate surface area is 235 Å². The maximum Gasteiger partial charge on any atom is 0.253 e. The quantitative estimate of drug-likeness (QED) is 0.452. The zero-order valence-corrected chi connectivity index (χ0v) is 23.5. The number of para-hydroxylation sites is 1. The predicted octanol–water partition coefficient (Wildman–Crippen LogP) is 5.68. The molecule has 204 valence electrons. The van der Waals surface area contributed by atoms with Crippen molar-refractivity contribution in [3.05, 3.63) is 64.8 Å². The van der Waals surface area contributed by atoms with E-state index in [0.717, 1.165) is 49.7 Å². The van der Waals surface area contributed by atoms with E-state index in [-0.39, 0.29) is 5.91 Å². The smallest absolute Gasteiger partial charge is 0.253 e. The van der Waals surface area contributed by atoms with Crippen molar-refractivity contribution in [1.29, 1.82) is 0 Å². The molecule has 8 nitrogen and oxygen atoms in total. The van der Waals surface area contributed by atoms with Crippen LogP contribution in [-0.2, 0) is 6.54 Å². The summed E-state index contributed by atoms with van der Waals surface area (Å²) in [5.41, 5.74) is 4.59. The molecule has 0 unspecified atom stereocenters. The molecule has 2 aromatic carbocycles. The minimum atomic E-state index is 0.0464. The molecule has 3 aromatic rings. The summed E-state index contributed by atoms with van der Waals surface area (Å²) in [5, 5.41) is 3.73. The molecule has 0 saturated carbocycles. The van der Waals surface area contributed by atoms with Crippen LogP contribution >= 0.6 is 11.6 Å². The number of hydrogen-bond donors (Lipinski definition) is 1. The van der Waals surface area contributed by atoms with Crippen LogP contribution in [-0.4, -0.2) is 72.0 Å². The second-order valence-corrected chi connectivity index (χ2v) is 11.3. The van der Waals surface area contributed by atoms with Gasteiger partial charge >= 0.3 is 0 Å². The van der Waals surface area contributed by atoms with Gasteiger partial charge in [-0.2, -0.15) is 4.98 Å². The number of halogens is 1. The fourth-order valence-corrected chi connectivity index (χ4v) is 6.37. The van der Waals surface area contributed by atoms with Crippen LogP contribution in [0.5, 0.6) is 0 Å². The van der Waals surface area contributed by atoms with E-state index in [4.69, 9.17) is 16.6 Å². The van der Waals surface area contributed by atoms with Crippen LogP contribution in [0.25, 0.3) is 0 Å². The average Bonchev–Trinajstić information content (AvgIpc) is 3.08. The Morgan fingerprint density at radius 2 is 1.74 bits per heavy atom. The number of piperidine rings is 2. The highest BCUT2D eigenvalue weighted by Crippen LogP contribution is 2.38. The van der Waals surface area contributed by atoms with Gasteiger partial charge in [0.05, 0.1) is 22.6 Å². The lowest BCUT2D eigenvalue weighted by Crippen LogP contribution is -2.48. The number of nitrogens with zero attached hydrogens (tertiary/aromatic N) is 6. The van der Waals surface area contributed by atoms with Gasteiger partial charge in [0, 0.05) is 51.0 Å². The van der Waals surface area contributed by atoms with Gasteiger partial charge in [0.15, 0.2) is 5.82 Å². The number of hydrogen-bond acceptors (Lipinski definition) is 7. The SMILES string of the molecule is CN1Cc2ccccc2N(C)c2nc(Nc3ccc(C(=O)N4CCC(N5CCCCC5)CC4)cc3Cl)ncc21. The molecule has 0 radical (unpaired) electrons. The minimum Gasteiger partial charge on any atom is -0.366 e. The Hall–Kier alpha value is -3.36. The Balaban J connectivity index is 1.14. The van der Waals surface area contributed by atoms with E-state index in [2.05, 4.69) is 43.2 Å². The van der Waals surface area contributed by atoms with Gasteiger partial charge in [-0.15, -0.1) is 0 Å². The van der Waals surface area contributed by atoms with Crippen molar-refractivity contribution in [2.45, 2.75) is 44.7 Å². The minimum absolute atomic E-state index is 0.0464. The number of amides is 1. The molecule has 1 N–H and O–H groups in total. The summed E-state index contributed by atoms with van der Waals surface area (Å²) >= 11 is 6.66. The van der Waals surface area contributed by atoms with Crippen molar-refractivity contribution in [3.63, 3.8) is 0 Å². The second kappa shape index (κ2) is 11.0. The summed E-state index contributed by atoms with van der Waals surface area (Å²) in [6.45, 7) is 4.78. The molecule has 0 bridgehead atoms. The molecule has 3 aliphatic heterocycles. The first-order valence-corrected chi connectivity index (χ1v) is 14.4. The lowest BCUT2D eigenvalue weighted by Gasteiger charge is -2.40. The van der Waals surface area contributed by atoms with E-state index in [1.807, 2.05) is 43.4 Å². The van der Waals surface area contributed by atoms with Gasteiger partial charge in [0.1, 0.15) is 0 Å². The molecule has 2 fully saturated rings. The molecule has 0 spiro atoms. The first-order valence-electron chi connectivity index (χ1n) is 14.0. The number of fused-ring (bicyclic) bond motifs is 2. The van der Waals surface area contributed by atoms with Crippen LogP contribution < -0.4 is 15.1 Å². The fraction of sp³-hybridized carbons (Fsp3) is 0.433. The van der Waals surface area contributed by atoms with Crippen LogP contribution in [0.3, 0.4) is 0 Å². The van der Waals surface area contributed by atoms with Gasteiger partial charge < -0.3 is 24.9 Å². The normalized spacial score (nSPS) is 18.4. The van der Waals surface area contributed by atoms with Gasteiger partial charge in [0.25, 0.3) is 5.91 Å². The summed E-state index contributed by atoms with van der Waals surface area (Å²) in [7, 11) is 4.07. The largest absolute Gasteiger partial charge is 0.366 e. The Morgan fingerprint density at radius 1 is 0.974 bits per heavy atom. The maximum absolute atomic E-state index is 13.3. The monoisotopic (exact) mass is 545 g/mol. The number of nitrogens with one attached hydrogen (secondary N) is 1. The van der Waals surface area contributed by atoms with Crippen molar-refractivity contribution in [1.82, 2.24) is 19.8 Å². The highest BCUT2D eigenvalue weighted by atomic mass is 35.5. The van der Waals surface area contributed by atoms with Crippen molar-refractivity contribution < 1.29 is 4.79 Å². The van der Waals surface area contributed by atoms with E-state index in [0.29, 0.717) is 28.3 Å². The van der Waals surface area contributed by atoms with Crippen molar-refractivity contribution >= 4 is 46.3 Å². The first-order chi connectivity index (χ1) is 19.0. The average molecular weight is 546 g/mol. The van der Waals surface area contributed by atoms with Crippen LogP contribution in [0.4, 0.5) is 28.8 Å². The number of rotatable bonds is 4. The lowest BCUT2D eigenvalue weighted by atomic mass is 9.99. The second-order valence-electron chi connectivity index (χ2n) is 10.9. The van der Waals surface area contributed by atoms with Gasteiger partial charge in [-0.1, -0.05) is 36.2 Å². The molecule has 0 atom stereocenters. The Morgan fingerprint density at radius 3 is 2.51 bits per heavy atom. The number of carbonyl (C=O) groups is 1. The highest BCUT2D eigenvalue weighted by molar-refractivity contribution is 6.33. The molecule has 3 aliphatic rings. The van der Waals surface area contributed by atoms with E-state index in [1.54, 1.807) is 6.07 Å². The standard InChI is InChI=1S/C30H36ClN7O/c1-35-20-22-8-4-5-9-26(22)36(2)28-27(35)19-32-30(34-28)33-25-11-10-21(18-24(25)31)29(39)38-16-12-23(13-17-38)37-14-6-3-7-15-37/h4-5,8-11,18-19,23H,3,6-7,12-17,20H2,1-2H3,(H,32,33,34). The summed E-state index contributed by atoms with van der Waals surface area (Å²) in [4.78, 5) is 31.5. The number of aromatic nitrogens is 2. The third-order valence-corrected chi connectivity index (χ3v) is 8.67. The molecule has 39 heavy (non-hydrogen) atoms. The van der Waals surface area contributed by atoms with E-state index in [9.17, 15) is 4.79 Å². The number of likely N-dealkylation sites (tertiary alicyclic amines) is 2. The molecule has 2 saturated heterocycles. The molecule has 4 heterocycles. The van der Waals surface area contributed by atoms with E-state index >= 15 is 0 Å². The van der Waals surface area contributed by atoms with Crippen molar-refractivity contribution in [2.75, 3.05) is 55.4 Å². The number of carbonyl (C=O) groups excluding carboxylic acids is 1. The summed E-state index contributed by atoms with van der Waals surface area (Å²) in [5.74, 6) is 1.31. The third kappa shape index (κ3) is 5.28. The summed E-state index contributed by atoms with van der Waals surface area (Å²) < 4.78 is 0. The molecular formula is C30H36ClN7O. The van der Waals surface area contributed by atoms with Crippen LogP contribution in [0.2, 0.25) is 5.02 Å². The van der Waals surface area contributed by atoms with E-state index in [1.165, 1.54) is 37.9 Å². The maximum atomic E-state index is 13.3. The molecule has 6 rings (SSSR count). The van der Waals surface area contributed by atoms with Gasteiger partial charge in [-0.05, 0) is 68.6 Å². The lowest BCUT2D eigenvalue weighted by molar-refractivity contribution is 0.0590. The topological polar surface area (TPSA) is 67.8 Å². The summed E-state index contributed by atoms with van der Waals surface area (Å²) in [6, 6.07) is 14.4. The molecule has 0 aliphatic carbocycles. The fourth-order valence-electron chi connectivity index (χ4n) is 6.14. The molecular weight excluding hydrogens is 510 g/mol. The van der Waals surface area contributed by atoms with Gasteiger partial charge in [-0.25, -0.2) is 4.98 Å². The van der Waals surface area contributed by atoms with Gasteiger partial charge in [0.2, 0.25) is 5.95 Å². The van der Waals surface area contributed by atoms with Crippen LogP contribution in [0, 0.1) is 0 Å². The van der Waals surface area contributed by atoms with Crippen LogP contribution in [0.1, 0.15) is 48.0 Å². The van der Waals surface area contributed by atoms with Crippen molar-refractivity contribution in [3.8, 4) is 0 Å². The zero-order valence-electron chi connectivity index (χ0n) is 22.7. The molecule has 9 heteroatoms. The molecule has 1 amide bonds. The summed E-state index contributed by atoms with van der Waals surface area (Å²) in [6.07, 6.45) is 7.88. The van der Waals surface area contributed by atoms with Gasteiger partial charge in [-0.3, -0.25) is 4.79 Å². The number of anilines is 5. The van der Waals surface area contributed by atoms with E-state index < -0.39 is 0 Å². The number of benzene rings is 2. The van der Waals surface area contributed by atoms with Crippen molar-refractivity contribution in [2.24, 2.45) is 0 Å². The first kappa shape index (κ1) is 25.9. The Bertz CT molecular complexity index is 1350. The third-order valence-electron chi connectivity index (χ3n) is 8.36. The zero-order chi connectivity index (χ0) is 26.9. The van der Waals surface area contributed by atoms with Crippen LogP contribution in [0.15, 0.2) is 48.7 Å². The molecule has 1 aromatic heterocycles. The predicted molar refractivity (Wildman–Crippen MR) is 158 cm³/mol.